The standard InChI is InChI=1S/C19H21ClN4O2/c1-13-9-16(20)3-4-17(13)22-18(25)14-10-15(12-21-11-14)19(26)24-7-5-23(2)6-8-24/h3-4,9-12H,5-8H2,1-2H3,(H,22,25). The van der Waals surface area contributed by atoms with Crippen LogP contribution in [0.2, 0.25) is 5.02 Å². The van der Waals surface area contributed by atoms with E-state index in [4.69, 9.17) is 11.6 Å². The molecule has 6 nitrogen and oxygen atoms in total. The maximum absolute atomic E-state index is 12.7. The van der Waals surface area contributed by atoms with Crippen molar-refractivity contribution >= 4 is 29.1 Å². The Morgan fingerprint density at radius 2 is 1.77 bits per heavy atom. The number of pyridine rings is 1. The molecule has 2 heterocycles. The maximum atomic E-state index is 12.7. The first-order chi connectivity index (χ1) is 12.4. The summed E-state index contributed by atoms with van der Waals surface area (Å²) in [5, 5.41) is 3.45. The molecular weight excluding hydrogens is 352 g/mol. The molecule has 0 spiro atoms. The minimum Gasteiger partial charge on any atom is -0.336 e. The van der Waals surface area contributed by atoms with E-state index in [2.05, 4.69) is 15.2 Å². The predicted molar refractivity (Wildman–Crippen MR) is 102 cm³/mol. The molecule has 7 heteroatoms. The number of benzene rings is 1. The van der Waals surface area contributed by atoms with Gasteiger partial charge in [0.05, 0.1) is 11.1 Å². The molecule has 1 fully saturated rings. The molecule has 1 saturated heterocycles. The number of aryl methyl sites for hydroxylation is 1. The average molecular weight is 373 g/mol. The van der Waals surface area contributed by atoms with Crippen LogP contribution in [0.5, 0.6) is 0 Å². The molecule has 136 valence electrons. The number of carbonyl (C=O) groups excluding carboxylic acids is 2. The number of amides is 2. The Hall–Kier alpha value is -2.44. The lowest BCUT2D eigenvalue weighted by Gasteiger charge is -2.32. The van der Waals surface area contributed by atoms with Gasteiger partial charge in [-0.25, -0.2) is 0 Å². The van der Waals surface area contributed by atoms with Crippen molar-refractivity contribution < 1.29 is 9.59 Å². The second kappa shape index (κ2) is 7.85. The van der Waals surface area contributed by atoms with Crippen molar-refractivity contribution in [1.82, 2.24) is 14.8 Å². The molecule has 2 amide bonds. The van der Waals surface area contributed by atoms with Crippen molar-refractivity contribution in [3.05, 3.63) is 58.4 Å². The van der Waals surface area contributed by atoms with Gasteiger partial charge in [-0.3, -0.25) is 14.6 Å². The normalized spacial score (nSPS) is 15.0. The van der Waals surface area contributed by atoms with Gasteiger partial charge < -0.3 is 15.1 Å². The summed E-state index contributed by atoms with van der Waals surface area (Å²) < 4.78 is 0. The molecule has 0 radical (unpaired) electrons. The first-order valence-corrected chi connectivity index (χ1v) is 8.82. The molecule has 0 atom stereocenters. The Balaban J connectivity index is 1.74. The van der Waals surface area contributed by atoms with Crippen LogP contribution >= 0.6 is 11.6 Å². The number of carbonyl (C=O) groups is 2. The highest BCUT2D eigenvalue weighted by Gasteiger charge is 2.21. The minimum absolute atomic E-state index is 0.0945. The molecule has 1 aromatic heterocycles. The summed E-state index contributed by atoms with van der Waals surface area (Å²) in [7, 11) is 2.03. The molecular formula is C19H21ClN4O2. The third-order valence-electron chi connectivity index (χ3n) is 4.47. The number of nitrogens with zero attached hydrogens (tertiary/aromatic N) is 3. The number of hydrogen-bond acceptors (Lipinski definition) is 4. The van der Waals surface area contributed by atoms with Gasteiger partial charge in [-0.05, 0) is 43.8 Å². The van der Waals surface area contributed by atoms with Gasteiger partial charge in [0, 0.05) is 49.3 Å². The molecule has 0 bridgehead atoms. The fraction of sp³-hybridized carbons (Fsp3) is 0.316. The number of piperazine rings is 1. The highest BCUT2D eigenvalue weighted by Crippen LogP contribution is 2.20. The van der Waals surface area contributed by atoms with E-state index in [1.807, 2.05) is 14.0 Å². The summed E-state index contributed by atoms with van der Waals surface area (Å²) in [4.78, 5) is 33.2. The molecule has 26 heavy (non-hydrogen) atoms. The van der Waals surface area contributed by atoms with Crippen LogP contribution in [-0.4, -0.2) is 59.8 Å². The Kier molecular flexibility index (Phi) is 5.54. The average Bonchev–Trinajstić information content (AvgIpc) is 2.64. The van der Waals surface area contributed by atoms with Gasteiger partial charge in [0.1, 0.15) is 0 Å². The van der Waals surface area contributed by atoms with Gasteiger partial charge in [0.2, 0.25) is 0 Å². The number of hydrogen-bond donors (Lipinski definition) is 1. The molecule has 2 aromatic rings. The molecule has 1 N–H and O–H groups in total. The molecule has 0 saturated carbocycles. The van der Waals surface area contributed by atoms with Gasteiger partial charge in [-0.1, -0.05) is 11.6 Å². The largest absolute Gasteiger partial charge is 0.336 e. The smallest absolute Gasteiger partial charge is 0.257 e. The van der Waals surface area contributed by atoms with E-state index in [1.54, 1.807) is 29.2 Å². The first-order valence-electron chi connectivity index (χ1n) is 8.44. The zero-order valence-corrected chi connectivity index (χ0v) is 15.6. The van der Waals surface area contributed by atoms with E-state index >= 15 is 0 Å². The van der Waals surface area contributed by atoms with Crippen molar-refractivity contribution in [2.24, 2.45) is 0 Å². The second-order valence-electron chi connectivity index (χ2n) is 6.47. The van der Waals surface area contributed by atoms with Crippen LogP contribution in [0, 0.1) is 6.92 Å². The molecule has 3 rings (SSSR count). The van der Waals surface area contributed by atoms with Gasteiger partial charge in [0.15, 0.2) is 0 Å². The monoisotopic (exact) mass is 372 g/mol. The number of rotatable bonds is 3. The first kappa shape index (κ1) is 18.4. The Morgan fingerprint density at radius 3 is 2.46 bits per heavy atom. The van der Waals surface area contributed by atoms with E-state index in [0.29, 0.717) is 34.9 Å². The van der Waals surface area contributed by atoms with Crippen LogP contribution in [0.3, 0.4) is 0 Å². The van der Waals surface area contributed by atoms with Crippen LogP contribution < -0.4 is 5.32 Å². The van der Waals surface area contributed by atoms with Crippen LogP contribution in [0.1, 0.15) is 26.3 Å². The number of nitrogens with one attached hydrogen (secondary N) is 1. The van der Waals surface area contributed by atoms with Crippen LogP contribution in [0.4, 0.5) is 5.69 Å². The Bertz CT molecular complexity index is 832. The third kappa shape index (κ3) is 4.20. The summed E-state index contributed by atoms with van der Waals surface area (Å²) in [5.41, 5.74) is 2.31. The van der Waals surface area contributed by atoms with E-state index in [-0.39, 0.29) is 11.8 Å². The highest BCUT2D eigenvalue weighted by molar-refractivity contribution is 6.30. The van der Waals surface area contributed by atoms with Crippen molar-refractivity contribution in [3.8, 4) is 0 Å². The molecule has 1 aromatic carbocycles. The third-order valence-corrected chi connectivity index (χ3v) is 4.71. The number of halogens is 1. The molecule has 1 aliphatic heterocycles. The van der Waals surface area contributed by atoms with Crippen LogP contribution in [0.15, 0.2) is 36.7 Å². The van der Waals surface area contributed by atoms with Crippen molar-refractivity contribution in [1.29, 1.82) is 0 Å². The van der Waals surface area contributed by atoms with E-state index in [1.165, 1.54) is 12.4 Å². The van der Waals surface area contributed by atoms with Gasteiger partial charge in [0.25, 0.3) is 11.8 Å². The second-order valence-corrected chi connectivity index (χ2v) is 6.91. The van der Waals surface area contributed by atoms with Crippen molar-refractivity contribution in [3.63, 3.8) is 0 Å². The van der Waals surface area contributed by atoms with Gasteiger partial charge in [-0.2, -0.15) is 0 Å². The minimum atomic E-state index is -0.309. The van der Waals surface area contributed by atoms with Gasteiger partial charge in [-0.15, -0.1) is 0 Å². The fourth-order valence-electron chi connectivity index (χ4n) is 2.83. The quantitative estimate of drug-likeness (QED) is 0.899. The Labute approximate surface area is 157 Å². The number of aromatic nitrogens is 1. The van der Waals surface area contributed by atoms with Gasteiger partial charge >= 0.3 is 0 Å². The topological polar surface area (TPSA) is 65.5 Å². The zero-order chi connectivity index (χ0) is 18.7. The van der Waals surface area contributed by atoms with Crippen LogP contribution in [0.25, 0.3) is 0 Å². The Morgan fingerprint density at radius 1 is 1.08 bits per heavy atom. The molecule has 0 aliphatic carbocycles. The highest BCUT2D eigenvalue weighted by atomic mass is 35.5. The van der Waals surface area contributed by atoms with Crippen LogP contribution in [-0.2, 0) is 0 Å². The summed E-state index contributed by atoms with van der Waals surface area (Å²) in [6.45, 7) is 4.91. The maximum Gasteiger partial charge on any atom is 0.257 e. The SMILES string of the molecule is Cc1cc(Cl)ccc1NC(=O)c1cncc(C(=O)N2CCN(C)CC2)c1. The summed E-state index contributed by atoms with van der Waals surface area (Å²) in [6.07, 6.45) is 2.96. The number of likely N-dealkylation sites (N-methyl/N-ethyl adjacent to an activating group) is 1. The predicted octanol–water partition coefficient (Wildman–Crippen LogP) is 2.68. The van der Waals surface area contributed by atoms with Crippen molar-refractivity contribution in [2.45, 2.75) is 6.92 Å². The summed E-state index contributed by atoms with van der Waals surface area (Å²) in [5.74, 6) is -0.404. The van der Waals surface area contributed by atoms with E-state index in [0.717, 1.165) is 18.7 Å². The molecule has 0 unspecified atom stereocenters. The summed E-state index contributed by atoms with van der Waals surface area (Å²) in [6, 6.07) is 6.84. The van der Waals surface area contributed by atoms with E-state index in [9.17, 15) is 9.59 Å². The fourth-order valence-corrected chi connectivity index (χ4v) is 3.06. The lowest BCUT2D eigenvalue weighted by molar-refractivity contribution is 0.0663. The van der Waals surface area contributed by atoms with E-state index < -0.39 is 0 Å². The summed E-state index contributed by atoms with van der Waals surface area (Å²) >= 11 is 5.94. The molecule has 1 aliphatic rings. The lowest BCUT2D eigenvalue weighted by atomic mass is 10.1. The van der Waals surface area contributed by atoms with Crippen molar-refractivity contribution in [2.75, 3.05) is 38.5 Å². The zero-order valence-electron chi connectivity index (χ0n) is 14.8. The lowest BCUT2D eigenvalue weighted by Crippen LogP contribution is -2.47. The number of anilines is 1.